The summed E-state index contributed by atoms with van der Waals surface area (Å²) in [6.45, 7) is 1.74. The molecule has 0 aromatic heterocycles. The van der Waals surface area contributed by atoms with Gasteiger partial charge in [-0.25, -0.2) is 21.0 Å². The molecule has 0 saturated heterocycles. The van der Waals surface area contributed by atoms with Gasteiger partial charge in [-0.05, 0) is 17.7 Å². The minimum Gasteiger partial charge on any atom is -0.466 e. The van der Waals surface area contributed by atoms with Gasteiger partial charge in [0.1, 0.15) is 5.75 Å². The number of sulfonamides is 2. The average molecular weight is 521 g/mol. The van der Waals surface area contributed by atoms with Gasteiger partial charge in [0.15, 0.2) is 0 Å². The number of halogens is 6. The zero-order valence-corrected chi connectivity index (χ0v) is 17.5. The van der Waals surface area contributed by atoms with Crippen LogP contribution in [0, 0.1) is 0 Å². The Morgan fingerprint density at radius 1 is 0.935 bits per heavy atom. The fourth-order valence-corrected chi connectivity index (χ4v) is 4.98. The lowest BCUT2D eigenvalue weighted by Gasteiger charge is -2.30. The van der Waals surface area contributed by atoms with Gasteiger partial charge in [0, 0.05) is 0 Å². The van der Waals surface area contributed by atoms with E-state index < -0.39 is 53.4 Å². The first kappa shape index (κ1) is 27.1. The first-order valence-electron chi connectivity index (χ1n) is 7.33. The lowest BCUT2D eigenvalue weighted by molar-refractivity contribution is -0.246. The van der Waals surface area contributed by atoms with Crippen molar-refractivity contribution < 1.29 is 60.5 Å². The maximum Gasteiger partial charge on any atom is 0.439 e. The van der Waals surface area contributed by atoms with Crippen molar-refractivity contribution in [2.45, 2.75) is 16.4 Å². The van der Waals surface area contributed by atoms with E-state index in [1.807, 2.05) is 0 Å². The Bertz CT molecular complexity index is 1130. The highest BCUT2D eigenvalue weighted by Crippen LogP contribution is 2.51. The SMILES string of the molecule is C=Cc1ccc(OCOS(=O)(=O)C(F)(F)C(F)(F)C(F)(F)S(=O)(=O)NS(C)(=O)=O)cc1. The summed E-state index contributed by atoms with van der Waals surface area (Å²) in [6.07, 6.45) is 1.33. The van der Waals surface area contributed by atoms with Crippen molar-refractivity contribution in [3.63, 3.8) is 0 Å². The molecule has 0 fully saturated rings. The second kappa shape index (κ2) is 8.57. The molecule has 0 aliphatic rings. The summed E-state index contributed by atoms with van der Waals surface area (Å²) in [5.74, 6) is -7.39. The van der Waals surface area contributed by atoms with E-state index in [1.54, 1.807) is 0 Å². The molecule has 0 unspecified atom stereocenters. The molecule has 0 amide bonds. The third-order valence-corrected chi connectivity index (χ3v) is 7.50. The van der Waals surface area contributed by atoms with Crippen LogP contribution in [0.2, 0.25) is 0 Å². The predicted octanol–water partition coefficient (Wildman–Crippen LogP) is 1.71. The third-order valence-electron chi connectivity index (χ3n) is 3.19. The summed E-state index contributed by atoms with van der Waals surface area (Å²) < 4.78 is 157. The Morgan fingerprint density at radius 2 is 1.42 bits per heavy atom. The molecule has 0 aliphatic carbocycles. The summed E-state index contributed by atoms with van der Waals surface area (Å²) >= 11 is 0. The molecule has 31 heavy (non-hydrogen) atoms. The molecule has 1 rings (SSSR count). The smallest absolute Gasteiger partial charge is 0.439 e. The molecule has 0 aliphatic heterocycles. The Kier molecular flexibility index (Phi) is 7.50. The molecular weight excluding hydrogens is 508 g/mol. The highest BCUT2D eigenvalue weighted by Gasteiger charge is 2.82. The summed E-state index contributed by atoms with van der Waals surface area (Å²) in [5, 5.41) is -13.8. The van der Waals surface area contributed by atoms with Gasteiger partial charge in [-0.1, -0.05) is 24.8 Å². The number of hydrogen-bond donors (Lipinski definition) is 1. The van der Waals surface area contributed by atoms with Gasteiger partial charge in [-0.3, -0.25) is 0 Å². The van der Waals surface area contributed by atoms with Crippen molar-refractivity contribution in [3.05, 3.63) is 36.4 Å². The number of benzene rings is 1. The molecule has 9 nitrogen and oxygen atoms in total. The maximum atomic E-state index is 13.8. The van der Waals surface area contributed by atoms with E-state index in [9.17, 15) is 51.6 Å². The Hall–Kier alpha value is -1.89. The minimum absolute atomic E-state index is 0.0532. The average Bonchev–Trinajstić information content (AvgIpc) is 2.59. The van der Waals surface area contributed by atoms with E-state index in [-0.39, 0.29) is 16.1 Å². The minimum atomic E-state index is -7.18. The van der Waals surface area contributed by atoms with Gasteiger partial charge in [-0.15, -0.1) is 4.13 Å². The number of alkyl halides is 6. The second-order valence-corrected chi connectivity index (χ2v) is 11.0. The van der Waals surface area contributed by atoms with Crippen molar-refractivity contribution in [2.24, 2.45) is 0 Å². The van der Waals surface area contributed by atoms with Crippen molar-refractivity contribution in [2.75, 3.05) is 13.0 Å². The highest BCUT2D eigenvalue weighted by molar-refractivity contribution is 8.04. The lowest BCUT2D eigenvalue weighted by atomic mass is 10.2. The van der Waals surface area contributed by atoms with E-state index >= 15 is 0 Å². The molecule has 178 valence electrons. The van der Waals surface area contributed by atoms with Crippen molar-refractivity contribution in [3.8, 4) is 5.75 Å². The van der Waals surface area contributed by atoms with Crippen LogP contribution in [0.25, 0.3) is 6.08 Å². The fraction of sp³-hybridized carbons (Fsp3) is 0.385. The number of nitrogens with one attached hydrogen (secondary N) is 1. The number of hydrogen-bond acceptors (Lipinski definition) is 8. The first-order valence-corrected chi connectivity index (χ1v) is 12.1. The van der Waals surface area contributed by atoms with Gasteiger partial charge < -0.3 is 4.74 Å². The quantitative estimate of drug-likeness (QED) is 0.264. The molecule has 1 aromatic carbocycles. The fourth-order valence-electron chi connectivity index (χ4n) is 1.68. The molecule has 0 bridgehead atoms. The number of ether oxygens (including phenoxy) is 1. The van der Waals surface area contributed by atoms with Crippen LogP contribution < -0.4 is 8.86 Å². The largest absolute Gasteiger partial charge is 0.466 e. The topological polar surface area (TPSA) is 133 Å². The molecular formula is C13H13F6NO8S3. The van der Waals surface area contributed by atoms with E-state index in [1.165, 1.54) is 18.2 Å². The van der Waals surface area contributed by atoms with Gasteiger partial charge in [0.2, 0.25) is 16.8 Å². The Labute approximate surface area is 172 Å². The monoisotopic (exact) mass is 521 g/mol. The van der Waals surface area contributed by atoms with Crippen LogP contribution in [-0.4, -0.2) is 54.7 Å². The van der Waals surface area contributed by atoms with Gasteiger partial charge in [0.05, 0.1) is 6.26 Å². The van der Waals surface area contributed by atoms with Crippen LogP contribution in [0.15, 0.2) is 30.8 Å². The highest BCUT2D eigenvalue weighted by atomic mass is 32.3. The van der Waals surface area contributed by atoms with E-state index in [0.717, 1.165) is 12.1 Å². The summed E-state index contributed by atoms with van der Waals surface area (Å²) in [5.41, 5.74) is 0.554. The standard InChI is InChI=1S/C13H13F6NO8S3/c1-3-9-4-6-10(7-5-9)27-8-28-31(25,26)13(18,19)11(14,15)12(16,17)30(23,24)20-29(2,21)22/h3-7,20H,1,8H2,2H3. The molecule has 0 atom stereocenters. The van der Waals surface area contributed by atoms with Crippen LogP contribution in [-0.2, 0) is 34.3 Å². The first-order chi connectivity index (χ1) is 13.7. The van der Waals surface area contributed by atoms with Gasteiger partial charge in [0.25, 0.3) is 10.0 Å². The molecule has 0 saturated carbocycles. The van der Waals surface area contributed by atoms with Crippen molar-refractivity contribution in [1.82, 2.24) is 4.13 Å². The van der Waals surface area contributed by atoms with E-state index in [4.69, 9.17) is 0 Å². The van der Waals surface area contributed by atoms with Crippen LogP contribution in [0.3, 0.4) is 0 Å². The number of rotatable bonds is 11. The molecule has 18 heteroatoms. The van der Waals surface area contributed by atoms with Gasteiger partial charge >= 0.3 is 26.5 Å². The molecule has 1 N–H and O–H groups in total. The Balaban J connectivity index is 3.14. The predicted molar refractivity (Wildman–Crippen MR) is 93.8 cm³/mol. The Morgan fingerprint density at radius 3 is 1.84 bits per heavy atom. The van der Waals surface area contributed by atoms with Crippen molar-refractivity contribution in [1.29, 1.82) is 0 Å². The molecule has 0 heterocycles. The molecule has 0 radical (unpaired) electrons. The van der Waals surface area contributed by atoms with Crippen LogP contribution >= 0.6 is 0 Å². The van der Waals surface area contributed by atoms with Crippen LogP contribution in [0.1, 0.15) is 5.56 Å². The third kappa shape index (κ3) is 5.48. The zero-order valence-electron chi connectivity index (χ0n) is 15.1. The summed E-state index contributed by atoms with van der Waals surface area (Å²) in [4.78, 5) is 0. The van der Waals surface area contributed by atoms with Gasteiger partial charge in [-0.2, -0.15) is 34.8 Å². The van der Waals surface area contributed by atoms with E-state index in [0.29, 0.717) is 5.56 Å². The molecule has 0 spiro atoms. The maximum absolute atomic E-state index is 13.8. The van der Waals surface area contributed by atoms with Crippen LogP contribution in [0.4, 0.5) is 26.3 Å². The summed E-state index contributed by atoms with van der Waals surface area (Å²) in [7, 11) is -19.1. The van der Waals surface area contributed by atoms with Crippen molar-refractivity contribution >= 4 is 36.2 Å². The summed E-state index contributed by atoms with van der Waals surface area (Å²) in [6, 6.07) is 5.05. The van der Waals surface area contributed by atoms with Crippen LogP contribution in [0.5, 0.6) is 5.75 Å². The normalized spacial score (nSPS) is 14.3. The van der Waals surface area contributed by atoms with E-state index in [2.05, 4.69) is 15.5 Å². The lowest BCUT2D eigenvalue weighted by Crippen LogP contribution is -2.63. The zero-order chi connectivity index (χ0) is 24.5. The second-order valence-electron chi connectivity index (χ2n) is 5.57. The molecule has 1 aromatic rings.